The lowest BCUT2D eigenvalue weighted by atomic mass is 10.1. The third-order valence-electron chi connectivity index (χ3n) is 4.57. The van der Waals surface area contributed by atoms with Crippen molar-refractivity contribution in [2.24, 2.45) is 0 Å². The number of carbonyl (C=O) groups is 2. The van der Waals surface area contributed by atoms with Crippen LogP contribution in [0.5, 0.6) is 0 Å². The van der Waals surface area contributed by atoms with Crippen molar-refractivity contribution in [2.75, 3.05) is 45.5 Å². The molecular weight excluding hydrogens is 354 g/mol. The quantitative estimate of drug-likeness (QED) is 0.692. The van der Waals surface area contributed by atoms with Crippen molar-refractivity contribution in [2.45, 2.75) is 19.8 Å². The van der Waals surface area contributed by atoms with Gasteiger partial charge in [-0.1, -0.05) is 30.3 Å². The highest BCUT2D eigenvalue weighted by Gasteiger charge is 2.26. The van der Waals surface area contributed by atoms with Crippen molar-refractivity contribution in [1.29, 1.82) is 0 Å². The molecule has 1 aliphatic heterocycles. The molecule has 26 heavy (non-hydrogen) atoms. The summed E-state index contributed by atoms with van der Waals surface area (Å²) < 4.78 is 25.3. The normalized spacial score (nSPS) is 15.3. The summed E-state index contributed by atoms with van der Waals surface area (Å²) in [5.41, 5.74) is 1.15. The van der Waals surface area contributed by atoms with E-state index in [9.17, 15) is 18.0 Å². The van der Waals surface area contributed by atoms with Gasteiger partial charge >= 0.3 is 0 Å². The summed E-state index contributed by atoms with van der Waals surface area (Å²) in [6.45, 7) is 3.55. The summed E-state index contributed by atoms with van der Waals surface area (Å²) in [6.07, 6.45) is 2.55. The number of piperazine rings is 1. The molecule has 1 aliphatic rings. The Balaban J connectivity index is 1.87. The van der Waals surface area contributed by atoms with Gasteiger partial charge in [0, 0.05) is 39.6 Å². The van der Waals surface area contributed by atoms with Crippen molar-refractivity contribution < 1.29 is 18.0 Å². The Morgan fingerprint density at radius 3 is 2.15 bits per heavy atom. The van der Waals surface area contributed by atoms with Crippen molar-refractivity contribution in [3.05, 3.63) is 35.9 Å². The van der Waals surface area contributed by atoms with Crippen LogP contribution in [0, 0.1) is 0 Å². The van der Waals surface area contributed by atoms with E-state index in [1.54, 1.807) is 9.80 Å². The van der Waals surface area contributed by atoms with E-state index < -0.39 is 10.0 Å². The van der Waals surface area contributed by atoms with Crippen LogP contribution in [0.25, 0.3) is 0 Å². The summed E-state index contributed by atoms with van der Waals surface area (Å²) in [5, 5.41) is 0. The van der Waals surface area contributed by atoms with E-state index in [0.717, 1.165) is 18.2 Å². The zero-order valence-electron chi connectivity index (χ0n) is 15.4. The van der Waals surface area contributed by atoms with Crippen LogP contribution in [-0.4, -0.2) is 79.9 Å². The highest BCUT2D eigenvalue weighted by Crippen LogP contribution is 2.08. The maximum atomic E-state index is 12.5. The fourth-order valence-corrected chi connectivity index (χ4v) is 3.79. The summed E-state index contributed by atoms with van der Waals surface area (Å²) >= 11 is 0. The molecule has 1 aromatic carbocycles. The smallest absolute Gasteiger partial charge is 0.238 e. The van der Waals surface area contributed by atoms with Gasteiger partial charge in [0.2, 0.25) is 21.8 Å². The summed E-state index contributed by atoms with van der Waals surface area (Å²) in [4.78, 5) is 27.2. The van der Waals surface area contributed by atoms with Gasteiger partial charge in [0.05, 0.1) is 12.8 Å². The minimum Gasteiger partial charge on any atom is -0.339 e. The number of aryl methyl sites for hydroxylation is 1. The topological polar surface area (TPSA) is 78.0 Å². The van der Waals surface area contributed by atoms with E-state index in [2.05, 4.69) is 0 Å². The number of benzene rings is 1. The molecule has 0 N–H and O–H groups in total. The first-order valence-corrected chi connectivity index (χ1v) is 10.6. The van der Waals surface area contributed by atoms with Gasteiger partial charge < -0.3 is 9.80 Å². The van der Waals surface area contributed by atoms with E-state index in [-0.39, 0.29) is 18.4 Å². The molecule has 0 atom stereocenters. The number of rotatable bonds is 7. The third kappa shape index (κ3) is 6.10. The zero-order valence-corrected chi connectivity index (χ0v) is 16.2. The predicted molar refractivity (Wildman–Crippen MR) is 100 cm³/mol. The Bertz CT molecular complexity index is 713. The molecular formula is C18H27N3O4S. The monoisotopic (exact) mass is 381 g/mol. The van der Waals surface area contributed by atoms with Crippen molar-refractivity contribution in [3.8, 4) is 0 Å². The van der Waals surface area contributed by atoms with Crippen LogP contribution in [0.1, 0.15) is 18.9 Å². The second-order valence-electron chi connectivity index (χ2n) is 6.57. The van der Waals surface area contributed by atoms with E-state index in [1.807, 2.05) is 30.3 Å². The maximum absolute atomic E-state index is 12.5. The highest BCUT2D eigenvalue weighted by molar-refractivity contribution is 7.88. The number of amides is 2. The Morgan fingerprint density at radius 1 is 1.04 bits per heavy atom. The predicted octanol–water partition coefficient (Wildman–Crippen LogP) is 0.572. The van der Waals surface area contributed by atoms with Crippen LogP contribution in [0.2, 0.25) is 0 Å². The zero-order chi connectivity index (χ0) is 19.2. The van der Waals surface area contributed by atoms with E-state index in [1.165, 1.54) is 11.2 Å². The molecule has 0 aliphatic carbocycles. The fraction of sp³-hybridized carbons (Fsp3) is 0.556. The minimum atomic E-state index is -3.46. The number of hydrogen-bond acceptors (Lipinski definition) is 4. The number of hydrogen-bond donors (Lipinski definition) is 0. The molecule has 0 spiro atoms. The van der Waals surface area contributed by atoms with Gasteiger partial charge in [0.1, 0.15) is 0 Å². The average molecular weight is 381 g/mol. The molecule has 0 aromatic heterocycles. The second kappa shape index (κ2) is 9.14. The van der Waals surface area contributed by atoms with E-state index >= 15 is 0 Å². The molecule has 0 unspecified atom stereocenters. The molecule has 2 rings (SSSR count). The van der Waals surface area contributed by atoms with Crippen LogP contribution >= 0.6 is 0 Å². The third-order valence-corrected chi connectivity index (χ3v) is 5.82. The molecule has 8 heteroatoms. The lowest BCUT2D eigenvalue weighted by Gasteiger charge is -2.35. The van der Waals surface area contributed by atoms with Crippen molar-refractivity contribution in [1.82, 2.24) is 14.1 Å². The average Bonchev–Trinajstić information content (AvgIpc) is 2.61. The molecule has 0 bridgehead atoms. The van der Waals surface area contributed by atoms with Crippen LogP contribution in [0.4, 0.5) is 0 Å². The lowest BCUT2D eigenvalue weighted by molar-refractivity contribution is -0.138. The van der Waals surface area contributed by atoms with Gasteiger partial charge in [0.15, 0.2) is 0 Å². The van der Waals surface area contributed by atoms with Crippen molar-refractivity contribution >= 4 is 21.8 Å². The summed E-state index contributed by atoms with van der Waals surface area (Å²) in [7, 11) is -3.46. The van der Waals surface area contributed by atoms with Crippen LogP contribution in [0.15, 0.2) is 30.3 Å². The van der Waals surface area contributed by atoms with E-state index in [0.29, 0.717) is 39.1 Å². The molecule has 2 amide bonds. The minimum absolute atomic E-state index is 0.00391. The Kier molecular flexibility index (Phi) is 7.16. The van der Waals surface area contributed by atoms with Gasteiger partial charge in [0.25, 0.3) is 0 Å². The largest absolute Gasteiger partial charge is 0.339 e. The van der Waals surface area contributed by atoms with Gasteiger partial charge in [-0.2, -0.15) is 4.31 Å². The Hall–Kier alpha value is -1.93. The number of carbonyl (C=O) groups excluding carboxylic acids is 2. The molecule has 1 heterocycles. The fourth-order valence-electron chi connectivity index (χ4n) is 2.99. The molecule has 0 saturated carbocycles. The Labute approximate surface area is 155 Å². The first-order chi connectivity index (χ1) is 12.3. The molecule has 1 saturated heterocycles. The van der Waals surface area contributed by atoms with Crippen molar-refractivity contribution in [3.63, 3.8) is 0 Å². The maximum Gasteiger partial charge on any atom is 0.238 e. The SMILES string of the molecule is CC(=O)N1CCN(C(=O)CN(CCCc2ccccc2)S(C)(=O)=O)CC1. The molecule has 7 nitrogen and oxygen atoms in total. The Morgan fingerprint density at radius 2 is 1.62 bits per heavy atom. The second-order valence-corrected chi connectivity index (χ2v) is 8.55. The summed E-state index contributed by atoms with van der Waals surface area (Å²) in [6, 6.07) is 9.85. The van der Waals surface area contributed by atoms with Gasteiger partial charge in [-0.3, -0.25) is 9.59 Å². The molecule has 144 valence electrons. The van der Waals surface area contributed by atoms with Crippen LogP contribution in [-0.2, 0) is 26.0 Å². The van der Waals surface area contributed by atoms with Gasteiger partial charge in [-0.25, -0.2) is 8.42 Å². The van der Waals surface area contributed by atoms with Crippen LogP contribution in [0.3, 0.4) is 0 Å². The number of sulfonamides is 1. The molecule has 1 fully saturated rings. The standard InChI is InChI=1S/C18H27N3O4S/c1-16(22)19-11-13-20(14-12-19)18(23)15-21(26(2,24)25)10-6-9-17-7-4-3-5-8-17/h3-5,7-8H,6,9-15H2,1-2H3. The molecule has 0 radical (unpaired) electrons. The first-order valence-electron chi connectivity index (χ1n) is 8.79. The lowest BCUT2D eigenvalue weighted by Crippen LogP contribution is -2.52. The molecule has 1 aromatic rings. The van der Waals surface area contributed by atoms with E-state index in [4.69, 9.17) is 0 Å². The van der Waals surface area contributed by atoms with Crippen LogP contribution < -0.4 is 0 Å². The number of nitrogens with zero attached hydrogens (tertiary/aromatic N) is 3. The summed E-state index contributed by atoms with van der Waals surface area (Å²) in [5.74, 6) is -0.214. The highest BCUT2D eigenvalue weighted by atomic mass is 32.2. The van der Waals surface area contributed by atoms with Gasteiger partial charge in [-0.05, 0) is 18.4 Å². The first kappa shape index (κ1) is 20.4. The van der Waals surface area contributed by atoms with Gasteiger partial charge in [-0.15, -0.1) is 0 Å².